The number of rotatable bonds is 3. The van der Waals surface area contributed by atoms with Gasteiger partial charge in [-0.05, 0) is 12.1 Å². The highest BCUT2D eigenvalue weighted by Crippen LogP contribution is 2.32. The third kappa shape index (κ3) is 2.35. The number of hydrogen-bond donors (Lipinski definition) is 3. The first-order valence-electron chi connectivity index (χ1n) is 7.22. The zero-order valence-electron chi connectivity index (χ0n) is 12.5. The number of nitrogens with zero attached hydrogens (tertiary/aromatic N) is 1. The molecule has 1 aromatic carbocycles. The Morgan fingerprint density at radius 3 is 2.22 bits per heavy atom. The summed E-state index contributed by atoms with van der Waals surface area (Å²) in [4.78, 5) is 26.0. The summed E-state index contributed by atoms with van der Waals surface area (Å²) < 4.78 is 10.7. The zero-order valence-corrected chi connectivity index (χ0v) is 12.5. The van der Waals surface area contributed by atoms with Crippen molar-refractivity contribution in [3.05, 3.63) is 35.4 Å². The molecule has 1 saturated heterocycles. The summed E-state index contributed by atoms with van der Waals surface area (Å²) in [5.41, 5.74) is 5.99. The molecule has 0 spiro atoms. The van der Waals surface area contributed by atoms with Crippen LogP contribution in [-0.4, -0.2) is 71.2 Å². The quantitative estimate of drug-likeness (QED) is 0.591. The highest BCUT2D eigenvalue weighted by molar-refractivity contribution is 6.21. The molecule has 0 aliphatic carbocycles. The van der Waals surface area contributed by atoms with Gasteiger partial charge in [0.25, 0.3) is 11.8 Å². The van der Waals surface area contributed by atoms with Gasteiger partial charge in [-0.25, -0.2) is 0 Å². The van der Waals surface area contributed by atoms with Gasteiger partial charge in [0.15, 0.2) is 6.29 Å². The normalized spacial score (nSPS) is 33.9. The number of methoxy groups -OCH3 is 1. The van der Waals surface area contributed by atoms with Gasteiger partial charge in [0, 0.05) is 13.7 Å². The monoisotopic (exact) mass is 322 g/mol. The number of benzene rings is 1. The predicted molar refractivity (Wildman–Crippen MR) is 77.5 cm³/mol. The van der Waals surface area contributed by atoms with Crippen LogP contribution in [0.3, 0.4) is 0 Å². The largest absolute Gasteiger partial charge is 0.388 e. The Kier molecular flexibility index (Phi) is 4.17. The van der Waals surface area contributed by atoms with Gasteiger partial charge in [0.1, 0.15) is 24.4 Å². The molecule has 2 amide bonds. The standard InChI is InChI=1S/C15H18N2O6/c1-22-15-10(12(19)11(18)9(6-16)23-15)17-13(20)7-4-2-3-5-8(7)14(17)21/h2-5,9-12,15,18-19H,6,16H2,1H3/t9-,10-,11-,12-,15-/m1/s1. The van der Waals surface area contributed by atoms with Crippen LogP contribution < -0.4 is 5.73 Å². The van der Waals surface area contributed by atoms with Gasteiger partial charge in [0.05, 0.1) is 11.1 Å². The lowest BCUT2D eigenvalue weighted by atomic mass is 9.95. The minimum atomic E-state index is -1.43. The van der Waals surface area contributed by atoms with Crippen LogP contribution >= 0.6 is 0 Å². The van der Waals surface area contributed by atoms with Crippen molar-refractivity contribution in [2.45, 2.75) is 30.6 Å². The molecule has 0 bridgehead atoms. The van der Waals surface area contributed by atoms with Crippen LogP contribution in [0.2, 0.25) is 0 Å². The van der Waals surface area contributed by atoms with E-state index in [4.69, 9.17) is 15.2 Å². The smallest absolute Gasteiger partial charge is 0.262 e. The van der Waals surface area contributed by atoms with Gasteiger partial charge in [-0.1, -0.05) is 12.1 Å². The van der Waals surface area contributed by atoms with E-state index in [1.807, 2.05) is 0 Å². The number of fused-ring (bicyclic) bond motifs is 1. The molecule has 3 rings (SSSR count). The number of aliphatic hydroxyl groups is 2. The molecule has 23 heavy (non-hydrogen) atoms. The SMILES string of the molecule is CO[C@@H]1O[C@H](CN)[C@@H](O)[C@H](O)[C@H]1N1C(=O)c2ccccc2C1=O. The number of imide groups is 1. The second-order valence-corrected chi connectivity index (χ2v) is 5.51. The van der Waals surface area contributed by atoms with E-state index in [0.717, 1.165) is 4.90 Å². The molecular weight excluding hydrogens is 304 g/mol. The van der Waals surface area contributed by atoms with Gasteiger partial charge in [-0.3, -0.25) is 14.5 Å². The number of hydrogen-bond acceptors (Lipinski definition) is 7. The summed E-state index contributed by atoms with van der Waals surface area (Å²) in [6.07, 6.45) is -4.68. The Hall–Kier alpha value is -1.84. The number of amides is 2. The van der Waals surface area contributed by atoms with Gasteiger partial charge in [0.2, 0.25) is 0 Å². The van der Waals surface area contributed by atoms with Crippen molar-refractivity contribution in [3.8, 4) is 0 Å². The number of aliphatic hydroxyl groups excluding tert-OH is 2. The molecule has 1 aromatic rings. The molecule has 124 valence electrons. The van der Waals surface area contributed by atoms with Crippen molar-refractivity contribution < 1.29 is 29.3 Å². The molecule has 0 radical (unpaired) electrons. The van der Waals surface area contributed by atoms with Crippen LogP contribution in [0.1, 0.15) is 20.7 Å². The topological polar surface area (TPSA) is 122 Å². The zero-order chi connectivity index (χ0) is 16.7. The van der Waals surface area contributed by atoms with E-state index in [-0.39, 0.29) is 17.7 Å². The fourth-order valence-corrected chi connectivity index (χ4v) is 3.06. The summed E-state index contributed by atoms with van der Waals surface area (Å²) >= 11 is 0. The minimum Gasteiger partial charge on any atom is -0.388 e. The number of carbonyl (C=O) groups excluding carboxylic acids is 2. The summed E-state index contributed by atoms with van der Waals surface area (Å²) in [6, 6.07) is 5.20. The number of nitrogens with two attached hydrogens (primary N) is 1. The molecule has 1 fully saturated rings. The fourth-order valence-electron chi connectivity index (χ4n) is 3.06. The molecule has 2 aliphatic rings. The molecule has 0 saturated carbocycles. The predicted octanol–water partition coefficient (Wildman–Crippen LogP) is -1.30. The highest BCUT2D eigenvalue weighted by Gasteiger charge is 2.52. The van der Waals surface area contributed by atoms with Crippen LogP contribution in [0.4, 0.5) is 0 Å². The van der Waals surface area contributed by atoms with Crippen molar-refractivity contribution in [2.24, 2.45) is 5.73 Å². The molecule has 4 N–H and O–H groups in total. The molecule has 5 atom stereocenters. The average Bonchev–Trinajstić information content (AvgIpc) is 2.82. The average molecular weight is 322 g/mol. The number of carbonyl (C=O) groups is 2. The summed E-state index contributed by atoms with van der Waals surface area (Å²) in [6.45, 7) is -0.0348. The molecule has 0 aromatic heterocycles. The Morgan fingerprint density at radius 2 is 1.74 bits per heavy atom. The van der Waals surface area contributed by atoms with E-state index in [1.54, 1.807) is 12.1 Å². The second kappa shape index (κ2) is 5.99. The minimum absolute atomic E-state index is 0.0348. The van der Waals surface area contributed by atoms with Gasteiger partial charge in [-0.15, -0.1) is 0 Å². The van der Waals surface area contributed by atoms with E-state index >= 15 is 0 Å². The van der Waals surface area contributed by atoms with E-state index < -0.39 is 42.5 Å². The van der Waals surface area contributed by atoms with Crippen LogP contribution in [0, 0.1) is 0 Å². The first-order valence-corrected chi connectivity index (χ1v) is 7.22. The Labute approximate surface area is 132 Å². The molecule has 8 nitrogen and oxygen atoms in total. The van der Waals surface area contributed by atoms with Crippen molar-refractivity contribution in [3.63, 3.8) is 0 Å². The van der Waals surface area contributed by atoms with E-state index in [0.29, 0.717) is 0 Å². The van der Waals surface area contributed by atoms with Crippen molar-refractivity contribution >= 4 is 11.8 Å². The number of ether oxygens (including phenoxy) is 2. The van der Waals surface area contributed by atoms with Gasteiger partial charge < -0.3 is 25.4 Å². The van der Waals surface area contributed by atoms with Gasteiger partial charge in [-0.2, -0.15) is 0 Å². The first-order chi connectivity index (χ1) is 11.0. The van der Waals surface area contributed by atoms with Crippen molar-refractivity contribution in [1.82, 2.24) is 4.90 Å². The summed E-state index contributed by atoms with van der Waals surface area (Å²) in [5, 5.41) is 20.5. The lowest BCUT2D eigenvalue weighted by Crippen LogP contribution is -2.66. The lowest BCUT2D eigenvalue weighted by Gasteiger charge is -2.44. The van der Waals surface area contributed by atoms with Crippen molar-refractivity contribution in [1.29, 1.82) is 0 Å². The Bertz CT molecular complexity index is 599. The van der Waals surface area contributed by atoms with Crippen LogP contribution in [-0.2, 0) is 9.47 Å². The fraction of sp³-hybridized carbons (Fsp3) is 0.467. The van der Waals surface area contributed by atoms with E-state index in [2.05, 4.69) is 0 Å². The molecule has 8 heteroatoms. The first kappa shape index (κ1) is 16.0. The van der Waals surface area contributed by atoms with Crippen LogP contribution in [0.15, 0.2) is 24.3 Å². The lowest BCUT2D eigenvalue weighted by molar-refractivity contribution is -0.263. The van der Waals surface area contributed by atoms with Crippen molar-refractivity contribution in [2.75, 3.05) is 13.7 Å². The Morgan fingerprint density at radius 1 is 1.17 bits per heavy atom. The maximum absolute atomic E-state index is 12.5. The highest BCUT2D eigenvalue weighted by atomic mass is 16.7. The van der Waals surface area contributed by atoms with E-state index in [1.165, 1.54) is 19.2 Å². The third-order valence-corrected chi connectivity index (χ3v) is 4.26. The summed E-state index contributed by atoms with van der Waals surface area (Å²) in [7, 11) is 1.33. The molecule has 2 aliphatic heterocycles. The van der Waals surface area contributed by atoms with E-state index in [9.17, 15) is 19.8 Å². The summed E-state index contributed by atoms with van der Waals surface area (Å²) in [5.74, 6) is -1.11. The third-order valence-electron chi connectivity index (χ3n) is 4.26. The maximum atomic E-state index is 12.5. The molecule has 0 unspecified atom stereocenters. The second-order valence-electron chi connectivity index (χ2n) is 5.51. The maximum Gasteiger partial charge on any atom is 0.262 e. The molecule has 2 heterocycles. The Balaban J connectivity index is 1.97. The van der Waals surface area contributed by atoms with Crippen LogP contribution in [0.5, 0.6) is 0 Å². The van der Waals surface area contributed by atoms with Gasteiger partial charge >= 0.3 is 0 Å². The van der Waals surface area contributed by atoms with Crippen LogP contribution in [0.25, 0.3) is 0 Å². The molecular formula is C15H18N2O6.